The fraction of sp³-hybridized carbons (Fsp3) is 0.167. The van der Waals surface area contributed by atoms with Crippen LogP contribution in [0.1, 0.15) is 15.9 Å². The molecule has 0 heterocycles. The molecule has 2 aromatic rings. The normalized spacial score (nSPS) is 10.6. The summed E-state index contributed by atoms with van der Waals surface area (Å²) in [5, 5.41) is 4.21. The summed E-state index contributed by atoms with van der Waals surface area (Å²) in [6, 6.07) is 8.36. The number of carbonyl (C=O) groups is 2. The standard InChI is InChI=1S/C18H15BrClIN2O5/c1-26-15-7-11(3-4-14(15)21)18(25)23-22-8-10-5-12(19)17(13(20)6-10)28-9-16(24)27-2/h3-8H,9H2,1-2H3,(H,23,25)/b22-8-. The zero-order valence-electron chi connectivity index (χ0n) is 14.8. The minimum Gasteiger partial charge on any atom is -0.496 e. The van der Waals surface area contributed by atoms with Crippen LogP contribution in [0, 0.1) is 3.57 Å². The van der Waals surface area contributed by atoms with Crippen molar-refractivity contribution in [2.45, 2.75) is 0 Å². The van der Waals surface area contributed by atoms with Crippen molar-refractivity contribution in [2.75, 3.05) is 20.8 Å². The second kappa shape index (κ2) is 10.6. The van der Waals surface area contributed by atoms with Gasteiger partial charge >= 0.3 is 5.97 Å². The zero-order valence-corrected chi connectivity index (χ0v) is 19.3. The molecule has 0 saturated carbocycles. The van der Waals surface area contributed by atoms with E-state index in [1.54, 1.807) is 30.3 Å². The largest absolute Gasteiger partial charge is 0.496 e. The Balaban J connectivity index is 2.06. The van der Waals surface area contributed by atoms with Crippen molar-refractivity contribution in [1.29, 1.82) is 0 Å². The number of methoxy groups -OCH3 is 2. The van der Waals surface area contributed by atoms with Crippen molar-refractivity contribution in [3.63, 3.8) is 0 Å². The number of carbonyl (C=O) groups excluding carboxylic acids is 2. The first-order valence-corrected chi connectivity index (χ1v) is 9.96. The average molecular weight is 582 g/mol. The molecular weight excluding hydrogens is 566 g/mol. The first-order valence-electron chi connectivity index (χ1n) is 7.71. The predicted octanol–water partition coefficient (Wildman–Crippen LogP) is 4.03. The lowest BCUT2D eigenvalue weighted by atomic mass is 10.2. The van der Waals surface area contributed by atoms with Crippen LogP contribution in [-0.4, -0.2) is 38.9 Å². The summed E-state index contributed by atoms with van der Waals surface area (Å²) in [4.78, 5) is 23.4. The Bertz CT molecular complexity index is 900. The van der Waals surface area contributed by atoms with Crippen molar-refractivity contribution < 1.29 is 23.8 Å². The number of benzene rings is 2. The molecule has 0 aromatic heterocycles. The molecule has 0 radical (unpaired) electrons. The van der Waals surface area contributed by atoms with E-state index in [0.29, 0.717) is 27.1 Å². The topological polar surface area (TPSA) is 86.2 Å². The summed E-state index contributed by atoms with van der Waals surface area (Å²) in [5.74, 6) is 0.00686. The molecule has 0 spiro atoms. The van der Waals surface area contributed by atoms with Crippen LogP contribution in [0.25, 0.3) is 0 Å². The molecule has 148 valence electrons. The van der Waals surface area contributed by atoms with Crippen LogP contribution in [0.15, 0.2) is 39.9 Å². The van der Waals surface area contributed by atoms with Gasteiger partial charge in [-0.25, -0.2) is 10.2 Å². The van der Waals surface area contributed by atoms with Gasteiger partial charge in [0.15, 0.2) is 12.4 Å². The summed E-state index contributed by atoms with van der Waals surface area (Å²) in [6.45, 7) is -0.266. The van der Waals surface area contributed by atoms with E-state index in [2.05, 4.69) is 53.8 Å². The third-order valence-corrected chi connectivity index (χ3v) is 5.14. The Morgan fingerprint density at radius 3 is 2.68 bits per heavy atom. The van der Waals surface area contributed by atoms with E-state index in [1.807, 2.05) is 0 Å². The van der Waals surface area contributed by atoms with E-state index < -0.39 is 5.97 Å². The summed E-state index contributed by atoms with van der Waals surface area (Å²) >= 11 is 11.6. The SMILES string of the molecule is COC(=O)COc1c(Cl)cc(/C=N\NC(=O)c2ccc(I)c(OC)c2)cc1Br. The Kier molecular flexibility index (Phi) is 8.52. The van der Waals surface area contributed by atoms with E-state index in [0.717, 1.165) is 3.57 Å². The minimum atomic E-state index is -0.524. The summed E-state index contributed by atoms with van der Waals surface area (Å²) < 4.78 is 16.5. The molecule has 0 aliphatic rings. The molecule has 0 aliphatic carbocycles. The Morgan fingerprint density at radius 1 is 1.29 bits per heavy atom. The highest BCUT2D eigenvalue weighted by Gasteiger charge is 2.12. The van der Waals surface area contributed by atoms with Crippen LogP contribution >= 0.6 is 50.1 Å². The summed E-state index contributed by atoms with van der Waals surface area (Å²) in [6.07, 6.45) is 1.43. The maximum absolute atomic E-state index is 12.2. The van der Waals surface area contributed by atoms with Crippen molar-refractivity contribution in [3.8, 4) is 11.5 Å². The van der Waals surface area contributed by atoms with Crippen LogP contribution in [-0.2, 0) is 9.53 Å². The lowest BCUT2D eigenvalue weighted by Gasteiger charge is -2.10. The Hall–Kier alpha value is -1.85. The monoisotopic (exact) mass is 580 g/mol. The number of hydrazone groups is 1. The second-order valence-electron chi connectivity index (χ2n) is 5.23. The van der Waals surface area contributed by atoms with E-state index in [1.165, 1.54) is 20.4 Å². The van der Waals surface area contributed by atoms with Gasteiger partial charge in [-0.05, 0) is 74.4 Å². The second-order valence-corrected chi connectivity index (χ2v) is 7.65. The van der Waals surface area contributed by atoms with Gasteiger partial charge in [-0.2, -0.15) is 5.10 Å². The van der Waals surface area contributed by atoms with E-state index in [9.17, 15) is 9.59 Å². The van der Waals surface area contributed by atoms with Crippen molar-refractivity contribution >= 4 is 68.2 Å². The number of rotatable bonds is 7. The minimum absolute atomic E-state index is 0.266. The van der Waals surface area contributed by atoms with Gasteiger partial charge in [-0.1, -0.05) is 11.6 Å². The number of amides is 1. The molecule has 2 aromatic carbocycles. The third kappa shape index (κ3) is 6.08. The van der Waals surface area contributed by atoms with Crippen molar-refractivity contribution in [1.82, 2.24) is 5.43 Å². The number of ether oxygens (including phenoxy) is 3. The van der Waals surface area contributed by atoms with Crippen molar-refractivity contribution in [2.24, 2.45) is 5.10 Å². The lowest BCUT2D eigenvalue weighted by Crippen LogP contribution is -2.17. The zero-order chi connectivity index (χ0) is 20.7. The molecule has 0 atom stereocenters. The van der Waals surface area contributed by atoms with Gasteiger partial charge in [-0.3, -0.25) is 4.79 Å². The predicted molar refractivity (Wildman–Crippen MR) is 117 cm³/mol. The lowest BCUT2D eigenvalue weighted by molar-refractivity contribution is -0.142. The molecule has 0 fully saturated rings. The Morgan fingerprint density at radius 2 is 2.04 bits per heavy atom. The molecule has 0 bridgehead atoms. The maximum Gasteiger partial charge on any atom is 0.343 e. The number of halogens is 3. The highest BCUT2D eigenvalue weighted by atomic mass is 127. The van der Waals surface area contributed by atoms with Gasteiger partial charge in [-0.15, -0.1) is 0 Å². The van der Waals surface area contributed by atoms with Gasteiger partial charge in [0.1, 0.15) is 5.75 Å². The summed E-state index contributed by atoms with van der Waals surface area (Å²) in [7, 11) is 2.81. The van der Waals surface area contributed by atoms with Gasteiger partial charge in [0.05, 0.1) is 33.5 Å². The highest BCUT2D eigenvalue weighted by molar-refractivity contribution is 14.1. The molecule has 10 heteroatoms. The number of nitrogens with one attached hydrogen (secondary N) is 1. The molecule has 0 unspecified atom stereocenters. The van der Waals surface area contributed by atoms with Crippen LogP contribution < -0.4 is 14.9 Å². The van der Waals surface area contributed by atoms with E-state index >= 15 is 0 Å². The molecule has 0 saturated heterocycles. The number of hydrogen-bond donors (Lipinski definition) is 1. The molecule has 1 N–H and O–H groups in total. The van der Waals surface area contributed by atoms with Gasteiger partial charge in [0.2, 0.25) is 0 Å². The van der Waals surface area contributed by atoms with Gasteiger partial charge in [0, 0.05) is 5.56 Å². The van der Waals surface area contributed by atoms with Crippen LogP contribution in [0.5, 0.6) is 11.5 Å². The maximum atomic E-state index is 12.2. The summed E-state index contributed by atoms with van der Waals surface area (Å²) in [5.41, 5.74) is 3.47. The first kappa shape index (κ1) is 22.4. The first-order chi connectivity index (χ1) is 13.3. The number of hydrogen-bond acceptors (Lipinski definition) is 6. The molecule has 7 nitrogen and oxygen atoms in total. The smallest absolute Gasteiger partial charge is 0.343 e. The fourth-order valence-electron chi connectivity index (χ4n) is 2.01. The Labute approximate surface area is 188 Å². The average Bonchev–Trinajstić information content (AvgIpc) is 2.67. The van der Waals surface area contributed by atoms with Crippen molar-refractivity contribution in [3.05, 3.63) is 54.5 Å². The van der Waals surface area contributed by atoms with Crippen LogP contribution in [0.4, 0.5) is 0 Å². The van der Waals surface area contributed by atoms with Crippen LogP contribution in [0.3, 0.4) is 0 Å². The van der Waals surface area contributed by atoms with E-state index in [4.69, 9.17) is 21.1 Å². The molecule has 28 heavy (non-hydrogen) atoms. The third-order valence-electron chi connectivity index (χ3n) is 3.38. The quantitative estimate of drug-likeness (QED) is 0.231. The van der Waals surface area contributed by atoms with Gasteiger partial charge in [0.25, 0.3) is 5.91 Å². The molecule has 2 rings (SSSR count). The number of esters is 1. The van der Waals surface area contributed by atoms with Gasteiger partial charge < -0.3 is 14.2 Å². The highest BCUT2D eigenvalue weighted by Crippen LogP contribution is 2.34. The van der Waals surface area contributed by atoms with E-state index in [-0.39, 0.29) is 17.5 Å². The molecular formula is C18H15BrClIN2O5. The molecule has 1 amide bonds. The van der Waals surface area contributed by atoms with Crippen LogP contribution in [0.2, 0.25) is 5.02 Å². The molecule has 0 aliphatic heterocycles. The fourth-order valence-corrected chi connectivity index (χ4v) is 3.56. The number of nitrogens with zero attached hydrogens (tertiary/aromatic N) is 1.